The number of methoxy groups -OCH3 is 1. The quantitative estimate of drug-likeness (QED) is 0.505. The molecule has 0 saturated heterocycles. The van der Waals surface area contributed by atoms with Crippen molar-refractivity contribution < 1.29 is 13.5 Å². The van der Waals surface area contributed by atoms with Gasteiger partial charge in [0, 0.05) is 28.8 Å². The van der Waals surface area contributed by atoms with Crippen molar-refractivity contribution in [1.29, 1.82) is 0 Å². The Hall–Kier alpha value is -3.19. The summed E-state index contributed by atoms with van der Waals surface area (Å²) < 4.78 is 31.6. The molecule has 138 valence electrons. The molecule has 3 aromatic carbocycles. The second kappa shape index (κ2) is 8.46. The second-order valence-electron chi connectivity index (χ2n) is 5.67. The maximum atomic E-state index is 13.2. The Bertz CT molecular complexity index is 911. The monoisotopic (exact) mass is 385 g/mol. The highest BCUT2D eigenvalue weighted by Crippen LogP contribution is 2.21. The van der Waals surface area contributed by atoms with E-state index in [1.165, 1.54) is 12.1 Å². The van der Waals surface area contributed by atoms with Crippen molar-refractivity contribution in [2.45, 2.75) is 0 Å². The second-order valence-corrected chi connectivity index (χ2v) is 6.08. The number of nitrogens with one attached hydrogen (secondary N) is 3. The molecule has 0 radical (unpaired) electrons. The van der Waals surface area contributed by atoms with Crippen molar-refractivity contribution in [2.75, 3.05) is 23.1 Å². The Balaban J connectivity index is 1.58. The summed E-state index contributed by atoms with van der Waals surface area (Å²) in [4.78, 5) is 0. The number of halogens is 2. The average molecular weight is 385 g/mol. The lowest BCUT2D eigenvalue weighted by molar-refractivity contribution is 0.415. The third kappa shape index (κ3) is 5.39. The van der Waals surface area contributed by atoms with Gasteiger partial charge in [-0.15, -0.1) is 0 Å². The summed E-state index contributed by atoms with van der Waals surface area (Å²) in [6, 6.07) is 18.2. The standard InChI is InChI=1S/C20H17F2N3OS/c1-26-19-8-6-16(7-9-19)23-15-2-4-17(5-3-15)24-20(27)25-18-11-13(21)10-14(22)12-18/h2-12,23H,1H3,(H2,24,25,27). The van der Waals surface area contributed by atoms with E-state index in [0.717, 1.165) is 28.9 Å². The van der Waals surface area contributed by atoms with E-state index in [2.05, 4.69) is 16.0 Å². The Labute approximate surface area is 161 Å². The molecule has 0 aliphatic carbocycles. The molecule has 0 aliphatic heterocycles. The van der Waals surface area contributed by atoms with Crippen molar-refractivity contribution in [1.82, 2.24) is 0 Å². The van der Waals surface area contributed by atoms with Gasteiger partial charge in [-0.05, 0) is 72.9 Å². The number of ether oxygens (including phenoxy) is 1. The van der Waals surface area contributed by atoms with E-state index in [-0.39, 0.29) is 10.8 Å². The lowest BCUT2D eigenvalue weighted by atomic mass is 10.2. The molecule has 0 atom stereocenters. The molecule has 0 fully saturated rings. The van der Waals surface area contributed by atoms with Crippen molar-refractivity contribution >= 4 is 40.1 Å². The summed E-state index contributed by atoms with van der Waals surface area (Å²) in [5, 5.41) is 9.22. The number of anilines is 4. The van der Waals surface area contributed by atoms with Crippen LogP contribution < -0.4 is 20.7 Å². The van der Waals surface area contributed by atoms with Crippen LogP contribution in [0.4, 0.5) is 31.5 Å². The third-order valence-electron chi connectivity index (χ3n) is 3.64. The van der Waals surface area contributed by atoms with Gasteiger partial charge >= 0.3 is 0 Å². The van der Waals surface area contributed by atoms with Crippen molar-refractivity contribution in [3.05, 3.63) is 78.4 Å². The molecule has 3 rings (SSSR count). The minimum atomic E-state index is -0.672. The molecule has 0 unspecified atom stereocenters. The molecule has 0 aliphatic rings. The average Bonchev–Trinajstić information content (AvgIpc) is 2.63. The highest BCUT2D eigenvalue weighted by molar-refractivity contribution is 7.80. The Kier molecular flexibility index (Phi) is 5.83. The first kappa shape index (κ1) is 18.6. The summed E-state index contributed by atoms with van der Waals surface area (Å²) in [6.07, 6.45) is 0. The van der Waals surface area contributed by atoms with Gasteiger partial charge in [0.1, 0.15) is 17.4 Å². The molecule has 0 bridgehead atoms. The van der Waals surface area contributed by atoms with Crippen LogP contribution in [0.25, 0.3) is 0 Å². The molecule has 3 N–H and O–H groups in total. The summed E-state index contributed by atoms with van der Waals surface area (Å²) in [6.45, 7) is 0. The summed E-state index contributed by atoms with van der Waals surface area (Å²) >= 11 is 5.17. The molecule has 27 heavy (non-hydrogen) atoms. The predicted molar refractivity (Wildman–Crippen MR) is 109 cm³/mol. The van der Waals surface area contributed by atoms with Gasteiger partial charge in [0.15, 0.2) is 5.11 Å². The summed E-state index contributed by atoms with van der Waals surface area (Å²) in [7, 11) is 1.62. The number of thiocarbonyl (C=S) groups is 1. The molecule has 3 aromatic rings. The SMILES string of the molecule is COc1ccc(Nc2ccc(NC(=S)Nc3cc(F)cc(F)c3)cc2)cc1. The molecule has 0 amide bonds. The highest BCUT2D eigenvalue weighted by Gasteiger charge is 2.04. The van der Waals surface area contributed by atoms with Gasteiger partial charge in [0.05, 0.1) is 7.11 Å². The van der Waals surface area contributed by atoms with Gasteiger partial charge in [-0.2, -0.15) is 0 Å². The fourth-order valence-corrected chi connectivity index (χ4v) is 2.63. The third-order valence-corrected chi connectivity index (χ3v) is 3.85. The molecule has 0 aromatic heterocycles. The summed E-state index contributed by atoms with van der Waals surface area (Å²) in [5.41, 5.74) is 2.81. The van der Waals surface area contributed by atoms with Crippen LogP contribution in [0.2, 0.25) is 0 Å². The maximum Gasteiger partial charge on any atom is 0.175 e. The fourth-order valence-electron chi connectivity index (χ4n) is 2.40. The van der Waals surface area contributed by atoms with E-state index < -0.39 is 11.6 Å². The van der Waals surface area contributed by atoms with Crippen LogP contribution in [0.3, 0.4) is 0 Å². The van der Waals surface area contributed by atoms with Crippen LogP contribution in [-0.4, -0.2) is 12.2 Å². The van der Waals surface area contributed by atoms with E-state index in [9.17, 15) is 8.78 Å². The molecular weight excluding hydrogens is 368 g/mol. The zero-order valence-electron chi connectivity index (χ0n) is 14.4. The van der Waals surface area contributed by atoms with E-state index in [1.807, 2.05) is 48.5 Å². The largest absolute Gasteiger partial charge is 0.497 e. The zero-order valence-corrected chi connectivity index (χ0v) is 15.2. The van der Waals surface area contributed by atoms with Crippen LogP contribution in [0.15, 0.2) is 66.7 Å². The van der Waals surface area contributed by atoms with Crippen molar-refractivity contribution in [2.24, 2.45) is 0 Å². The minimum Gasteiger partial charge on any atom is -0.497 e. The van der Waals surface area contributed by atoms with Gasteiger partial charge in [-0.1, -0.05) is 0 Å². The van der Waals surface area contributed by atoms with Crippen LogP contribution in [0, 0.1) is 11.6 Å². The smallest absolute Gasteiger partial charge is 0.175 e. The van der Waals surface area contributed by atoms with Gasteiger partial charge in [-0.25, -0.2) is 8.78 Å². The van der Waals surface area contributed by atoms with Gasteiger partial charge in [0.25, 0.3) is 0 Å². The lowest BCUT2D eigenvalue weighted by Gasteiger charge is -2.12. The Morgan fingerprint density at radius 1 is 0.741 bits per heavy atom. The van der Waals surface area contributed by atoms with Crippen LogP contribution in [0.1, 0.15) is 0 Å². The minimum absolute atomic E-state index is 0.232. The number of benzene rings is 3. The highest BCUT2D eigenvalue weighted by atomic mass is 32.1. The van der Waals surface area contributed by atoms with Gasteiger partial charge < -0.3 is 20.7 Å². The molecule has 0 heterocycles. The molecule has 0 saturated carbocycles. The maximum absolute atomic E-state index is 13.2. The Morgan fingerprint density at radius 2 is 1.22 bits per heavy atom. The summed E-state index contributed by atoms with van der Waals surface area (Å²) in [5.74, 6) is -0.553. The number of hydrogen-bond donors (Lipinski definition) is 3. The lowest BCUT2D eigenvalue weighted by Crippen LogP contribution is -2.19. The molecule has 7 heteroatoms. The first-order valence-electron chi connectivity index (χ1n) is 8.07. The van der Waals surface area contributed by atoms with Gasteiger partial charge in [-0.3, -0.25) is 0 Å². The number of hydrogen-bond acceptors (Lipinski definition) is 3. The first-order chi connectivity index (χ1) is 13.0. The van der Waals surface area contributed by atoms with Crippen LogP contribution in [-0.2, 0) is 0 Å². The Morgan fingerprint density at radius 3 is 1.78 bits per heavy atom. The zero-order chi connectivity index (χ0) is 19.2. The fraction of sp³-hybridized carbons (Fsp3) is 0.0500. The van der Waals surface area contributed by atoms with Crippen LogP contribution in [0.5, 0.6) is 5.75 Å². The van der Waals surface area contributed by atoms with Crippen LogP contribution >= 0.6 is 12.2 Å². The molecular formula is C20H17F2N3OS. The predicted octanol–water partition coefficient (Wildman–Crippen LogP) is 5.53. The van der Waals surface area contributed by atoms with Crippen molar-refractivity contribution in [3.63, 3.8) is 0 Å². The van der Waals surface area contributed by atoms with E-state index >= 15 is 0 Å². The number of rotatable bonds is 5. The first-order valence-corrected chi connectivity index (χ1v) is 8.48. The van der Waals surface area contributed by atoms with E-state index in [0.29, 0.717) is 0 Å². The van der Waals surface area contributed by atoms with Crippen molar-refractivity contribution in [3.8, 4) is 5.75 Å². The molecule has 0 spiro atoms. The topological polar surface area (TPSA) is 45.3 Å². The normalized spacial score (nSPS) is 10.2. The van der Waals surface area contributed by atoms with E-state index in [1.54, 1.807) is 7.11 Å². The van der Waals surface area contributed by atoms with E-state index in [4.69, 9.17) is 17.0 Å². The molecule has 4 nitrogen and oxygen atoms in total. The van der Waals surface area contributed by atoms with Gasteiger partial charge in [0.2, 0.25) is 0 Å².